The van der Waals surface area contributed by atoms with Crippen LogP contribution in [0.5, 0.6) is 0 Å². The third kappa shape index (κ3) is 7.19. The number of nitrogens with one attached hydrogen (secondary N) is 1. The molecule has 0 aliphatic carbocycles. The number of anilines is 1. The zero-order valence-electron chi connectivity index (χ0n) is 24.9. The average Bonchev–Trinajstić information content (AvgIpc) is 3.29. The fourth-order valence-electron chi connectivity index (χ4n) is 5.72. The first-order chi connectivity index (χ1) is 19.6. The number of thiophene rings is 1. The van der Waals surface area contributed by atoms with Crippen LogP contribution in [0, 0.1) is 0 Å². The molecule has 226 valence electrons. The molecule has 0 radical (unpaired) electrons. The van der Waals surface area contributed by atoms with E-state index < -0.39 is 10.0 Å². The zero-order valence-corrected chi connectivity index (χ0v) is 26.6. The molecular formula is C30H44N4O5S2. The van der Waals surface area contributed by atoms with Gasteiger partial charge >= 0.3 is 0 Å². The Morgan fingerprint density at radius 1 is 1.02 bits per heavy atom. The van der Waals surface area contributed by atoms with Gasteiger partial charge in [-0.25, -0.2) is 8.42 Å². The molecule has 0 saturated carbocycles. The summed E-state index contributed by atoms with van der Waals surface area (Å²) in [6.07, 6.45) is 3.19. The van der Waals surface area contributed by atoms with E-state index in [4.69, 9.17) is 4.74 Å². The quantitative estimate of drug-likeness (QED) is 0.395. The summed E-state index contributed by atoms with van der Waals surface area (Å²) >= 11 is 1.49. The molecule has 1 N–H and O–H groups in total. The molecule has 2 unspecified atom stereocenters. The van der Waals surface area contributed by atoms with Gasteiger partial charge in [0, 0.05) is 49.7 Å². The minimum Gasteiger partial charge on any atom is -0.373 e. The number of carbonyl (C=O) groups is 2. The Morgan fingerprint density at radius 3 is 2.24 bits per heavy atom. The lowest BCUT2D eigenvalue weighted by Crippen LogP contribution is -2.48. The molecule has 11 heteroatoms. The number of morpholine rings is 1. The summed E-state index contributed by atoms with van der Waals surface area (Å²) in [5.41, 5.74) is 2.01. The van der Waals surface area contributed by atoms with Crippen molar-refractivity contribution in [2.24, 2.45) is 0 Å². The number of ether oxygens (including phenoxy) is 1. The molecule has 1 aromatic carbocycles. The first kappa shape index (κ1) is 31.6. The van der Waals surface area contributed by atoms with E-state index in [1.807, 2.05) is 18.7 Å². The van der Waals surface area contributed by atoms with Crippen molar-refractivity contribution >= 4 is 38.2 Å². The Labute approximate surface area is 248 Å². The largest absolute Gasteiger partial charge is 0.373 e. The SMILES string of the molecule is CCCN1CCc2c(sc(NC(=O)c3ccc(S(=O)(=O)N4CC(C)OC(C)C4)cc3)c2C(=O)N(CCC)CCC)C1. The van der Waals surface area contributed by atoms with Crippen LogP contribution in [-0.2, 0) is 27.7 Å². The first-order valence-corrected chi connectivity index (χ1v) is 17.1. The summed E-state index contributed by atoms with van der Waals surface area (Å²) in [7, 11) is -3.71. The van der Waals surface area contributed by atoms with Crippen LogP contribution < -0.4 is 5.32 Å². The van der Waals surface area contributed by atoms with Crippen LogP contribution >= 0.6 is 11.3 Å². The Morgan fingerprint density at radius 2 is 1.66 bits per heavy atom. The molecule has 0 bridgehead atoms. The second-order valence-corrected chi connectivity index (χ2v) is 14.1. The number of nitrogens with zero attached hydrogens (tertiary/aromatic N) is 3. The van der Waals surface area contributed by atoms with Crippen LogP contribution in [0.3, 0.4) is 0 Å². The minimum absolute atomic E-state index is 0.0270. The number of hydrogen-bond donors (Lipinski definition) is 1. The maximum Gasteiger partial charge on any atom is 0.257 e. The third-order valence-electron chi connectivity index (χ3n) is 7.53. The molecule has 2 aromatic rings. The Balaban J connectivity index is 1.59. The van der Waals surface area contributed by atoms with Crippen molar-refractivity contribution in [3.8, 4) is 0 Å². The second-order valence-electron chi connectivity index (χ2n) is 11.1. The summed E-state index contributed by atoms with van der Waals surface area (Å²) in [5, 5.41) is 3.60. The molecule has 4 rings (SSSR count). The molecule has 3 heterocycles. The summed E-state index contributed by atoms with van der Waals surface area (Å²) < 4.78 is 33.6. The van der Waals surface area contributed by atoms with Crippen LogP contribution in [0.4, 0.5) is 5.00 Å². The predicted octanol–water partition coefficient (Wildman–Crippen LogP) is 4.83. The number of amides is 2. The number of carbonyl (C=O) groups excluding carboxylic acids is 2. The van der Waals surface area contributed by atoms with Gasteiger partial charge in [0.1, 0.15) is 5.00 Å². The first-order valence-electron chi connectivity index (χ1n) is 14.8. The van der Waals surface area contributed by atoms with Gasteiger partial charge in [-0.15, -0.1) is 11.3 Å². The third-order valence-corrected chi connectivity index (χ3v) is 10.5. The standard InChI is InChI=1S/C30H44N4O5S2/c1-6-14-32-17-13-25-26(20-32)40-29(27(25)30(36)33(15-7-2)16-8-3)31-28(35)23-9-11-24(12-10-23)41(37,38)34-18-21(4)39-22(5)19-34/h9-12,21-22H,6-8,13-20H2,1-5H3,(H,31,35). The van der Waals surface area contributed by atoms with E-state index in [1.165, 1.54) is 39.9 Å². The zero-order chi connectivity index (χ0) is 29.7. The van der Waals surface area contributed by atoms with Gasteiger partial charge in [0.25, 0.3) is 11.8 Å². The van der Waals surface area contributed by atoms with E-state index in [0.717, 1.165) is 55.8 Å². The number of sulfonamides is 1. The Kier molecular flexibility index (Phi) is 10.6. The molecule has 2 amide bonds. The number of rotatable bonds is 11. The fraction of sp³-hybridized carbons (Fsp3) is 0.600. The highest BCUT2D eigenvalue weighted by atomic mass is 32.2. The molecule has 0 spiro atoms. The van der Waals surface area contributed by atoms with E-state index >= 15 is 0 Å². The van der Waals surface area contributed by atoms with Gasteiger partial charge in [0.05, 0.1) is 22.7 Å². The molecule has 41 heavy (non-hydrogen) atoms. The number of hydrogen-bond acceptors (Lipinski definition) is 7. The van der Waals surface area contributed by atoms with E-state index in [2.05, 4.69) is 31.0 Å². The van der Waals surface area contributed by atoms with E-state index in [-0.39, 0.29) is 42.0 Å². The van der Waals surface area contributed by atoms with Crippen LogP contribution in [0.25, 0.3) is 0 Å². The lowest BCUT2D eigenvalue weighted by atomic mass is 10.0. The molecule has 2 aliphatic rings. The van der Waals surface area contributed by atoms with Gasteiger partial charge in [-0.05, 0) is 75.9 Å². The van der Waals surface area contributed by atoms with E-state index in [0.29, 0.717) is 29.2 Å². The van der Waals surface area contributed by atoms with Crippen molar-refractivity contribution < 1.29 is 22.7 Å². The molecule has 1 aromatic heterocycles. The van der Waals surface area contributed by atoms with Crippen molar-refractivity contribution in [2.45, 2.75) is 84.0 Å². The smallest absolute Gasteiger partial charge is 0.257 e. The van der Waals surface area contributed by atoms with Crippen molar-refractivity contribution in [1.82, 2.24) is 14.1 Å². The van der Waals surface area contributed by atoms with Gasteiger partial charge < -0.3 is 15.0 Å². The minimum atomic E-state index is -3.71. The van der Waals surface area contributed by atoms with Crippen molar-refractivity contribution in [3.05, 3.63) is 45.8 Å². The van der Waals surface area contributed by atoms with Crippen LogP contribution in [-0.4, -0.2) is 85.8 Å². The highest BCUT2D eigenvalue weighted by Crippen LogP contribution is 2.38. The summed E-state index contributed by atoms with van der Waals surface area (Å²) in [4.78, 5) is 32.8. The molecule has 1 saturated heterocycles. The van der Waals surface area contributed by atoms with Crippen molar-refractivity contribution in [2.75, 3.05) is 44.6 Å². The monoisotopic (exact) mass is 604 g/mol. The van der Waals surface area contributed by atoms with E-state index in [9.17, 15) is 18.0 Å². The van der Waals surface area contributed by atoms with Crippen molar-refractivity contribution in [1.29, 1.82) is 0 Å². The molecule has 2 atom stereocenters. The maximum atomic E-state index is 13.8. The lowest BCUT2D eigenvalue weighted by molar-refractivity contribution is -0.0440. The molecule has 2 aliphatic heterocycles. The Bertz CT molecular complexity index is 1310. The van der Waals surface area contributed by atoms with Crippen LogP contribution in [0.15, 0.2) is 29.2 Å². The highest BCUT2D eigenvalue weighted by molar-refractivity contribution is 7.89. The molecule has 1 fully saturated rings. The lowest BCUT2D eigenvalue weighted by Gasteiger charge is -2.34. The van der Waals surface area contributed by atoms with Crippen molar-refractivity contribution in [3.63, 3.8) is 0 Å². The topological polar surface area (TPSA) is 99.3 Å². The molecule has 9 nitrogen and oxygen atoms in total. The van der Waals surface area contributed by atoms with Gasteiger partial charge in [0.15, 0.2) is 0 Å². The second kappa shape index (κ2) is 13.8. The number of benzene rings is 1. The maximum absolute atomic E-state index is 13.8. The average molecular weight is 605 g/mol. The van der Waals surface area contributed by atoms with Gasteiger partial charge in [0.2, 0.25) is 10.0 Å². The highest BCUT2D eigenvalue weighted by Gasteiger charge is 2.33. The normalized spacial score (nSPS) is 20.0. The van der Waals surface area contributed by atoms with Gasteiger partial charge in [-0.2, -0.15) is 4.31 Å². The predicted molar refractivity (Wildman–Crippen MR) is 163 cm³/mol. The van der Waals surface area contributed by atoms with E-state index in [1.54, 1.807) is 0 Å². The van der Waals surface area contributed by atoms with Crippen LogP contribution in [0.1, 0.15) is 85.0 Å². The van der Waals surface area contributed by atoms with Gasteiger partial charge in [-0.3, -0.25) is 14.5 Å². The number of fused-ring (bicyclic) bond motifs is 1. The Hall–Kier alpha value is -2.31. The summed E-state index contributed by atoms with van der Waals surface area (Å²) in [6.45, 7) is 14.6. The fourth-order valence-corrected chi connectivity index (χ4v) is 8.59. The summed E-state index contributed by atoms with van der Waals surface area (Å²) in [6, 6.07) is 6.03. The van der Waals surface area contributed by atoms with Gasteiger partial charge in [-0.1, -0.05) is 20.8 Å². The summed E-state index contributed by atoms with van der Waals surface area (Å²) in [5.74, 6) is -0.390. The molecular weight excluding hydrogens is 560 g/mol. The van der Waals surface area contributed by atoms with Crippen LogP contribution in [0.2, 0.25) is 0 Å².